The molecule has 2 aliphatic heterocycles. The summed E-state index contributed by atoms with van der Waals surface area (Å²) in [4.78, 5) is 13.2. The topological polar surface area (TPSA) is 44.8 Å². The highest BCUT2D eigenvalue weighted by atomic mass is 16.6. The highest BCUT2D eigenvalue weighted by molar-refractivity contribution is 5.89. The van der Waals surface area contributed by atoms with Crippen LogP contribution in [0.3, 0.4) is 0 Å². The van der Waals surface area contributed by atoms with Crippen LogP contribution in [0.4, 0.5) is 0 Å². The number of ketones is 1. The lowest BCUT2D eigenvalue weighted by Gasteiger charge is -2.42. The first-order valence-corrected chi connectivity index (χ1v) is 8.60. The fourth-order valence-electron chi connectivity index (χ4n) is 4.35. The van der Waals surface area contributed by atoms with E-state index >= 15 is 0 Å². The van der Waals surface area contributed by atoms with Gasteiger partial charge in [0.1, 0.15) is 5.60 Å². The van der Waals surface area contributed by atoms with Crippen molar-refractivity contribution in [2.24, 2.45) is 5.92 Å². The molecule has 0 N–H and O–H groups in total. The van der Waals surface area contributed by atoms with Gasteiger partial charge in [0, 0.05) is 32.2 Å². The van der Waals surface area contributed by atoms with Gasteiger partial charge in [0.2, 0.25) is 0 Å². The van der Waals surface area contributed by atoms with Gasteiger partial charge in [0.15, 0.2) is 5.78 Å². The Labute approximate surface area is 127 Å². The van der Waals surface area contributed by atoms with Crippen molar-refractivity contribution >= 4 is 5.78 Å². The summed E-state index contributed by atoms with van der Waals surface area (Å²) in [6.07, 6.45) is 7.86. The minimum atomic E-state index is -0.504. The third-order valence-electron chi connectivity index (χ3n) is 5.46. The summed E-state index contributed by atoms with van der Waals surface area (Å²) in [5, 5.41) is 0. The molecule has 3 rings (SSSR count). The van der Waals surface area contributed by atoms with Gasteiger partial charge in [0.25, 0.3) is 0 Å². The summed E-state index contributed by atoms with van der Waals surface area (Å²) >= 11 is 0. The number of hydrogen-bond donors (Lipinski definition) is 0. The molecule has 1 aliphatic carbocycles. The van der Waals surface area contributed by atoms with Crippen LogP contribution in [0.2, 0.25) is 0 Å². The quantitative estimate of drug-likeness (QED) is 0.800. The molecular formula is C17H28O4. The van der Waals surface area contributed by atoms with Crippen molar-refractivity contribution in [1.29, 1.82) is 0 Å². The Morgan fingerprint density at radius 3 is 2.67 bits per heavy atom. The largest absolute Gasteiger partial charge is 0.378 e. The van der Waals surface area contributed by atoms with Crippen LogP contribution < -0.4 is 0 Å². The molecule has 2 saturated heterocycles. The van der Waals surface area contributed by atoms with Crippen LogP contribution in [-0.4, -0.2) is 43.4 Å². The maximum atomic E-state index is 13.2. The standard InChI is InChI=1S/C17H28O4/c1-2-20-17(7-4-3-5-8-17)15(18)14-6-10-21-16(12-14)9-11-19-13-16/h14H,2-13H2,1H3. The Hall–Kier alpha value is -0.450. The first-order valence-electron chi connectivity index (χ1n) is 8.60. The van der Waals surface area contributed by atoms with Gasteiger partial charge in [-0.3, -0.25) is 4.79 Å². The fraction of sp³-hybridized carbons (Fsp3) is 0.941. The fourth-order valence-corrected chi connectivity index (χ4v) is 4.35. The van der Waals surface area contributed by atoms with Gasteiger partial charge in [0.05, 0.1) is 12.2 Å². The van der Waals surface area contributed by atoms with Crippen molar-refractivity contribution < 1.29 is 19.0 Å². The molecule has 0 amide bonds. The zero-order chi connectivity index (χ0) is 14.8. The SMILES string of the molecule is CCOC1(C(=O)C2CCOC3(CCOC3)C2)CCCCC1. The normalized spacial score (nSPS) is 36.0. The van der Waals surface area contributed by atoms with Crippen LogP contribution in [0.15, 0.2) is 0 Å². The van der Waals surface area contributed by atoms with E-state index in [2.05, 4.69) is 0 Å². The first-order chi connectivity index (χ1) is 10.2. The van der Waals surface area contributed by atoms with Crippen molar-refractivity contribution in [3.05, 3.63) is 0 Å². The van der Waals surface area contributed by atoms with E-state index in [1.165, 1.54) is 6.42 Å². The van der Waals surface area contributed by atoms with E-state index in [-0.39, 0.29) is 11.5 Å². The summed E-state index contributed by atoms with van der Waals surface area (Å²) in [5.74, 6) is 0.434. The zero-order valence-electron chi connectivity index (χ0n) is 13.2. The Balaban J connectivity index is 1.72. The number of ether oxygens (including phenoxy) is 3. The molecule has 2 unspecified atom stereocenters. The lowest BCUT2D eigenvalue weighted by molar-refractivity contribution is -0.163. The minimum Gasteiger partial charge on any atom is -0.378 e. The maximum absolute atomic E-state index is 13.2. The predicted octanol–water partition coefficient (Wildman–Crippen LogP) is 2.88. The van der Waals surface area contributed by atoms with Gasteiger partial charge in [-0.2, -0.15) is 0 Å². The smallest absolute Gasteiger partial charge is 0.167 e. The monoisotopic (exact) mass is 296 g/mol. The Morgan fingerprint density at radius 1 is 1.19 bits per heavy atom. The van der Waals surface area contributed by atoms with Crippen molar-refractivity contribution in [2.75, 3.05) is 26.4 Å². The van der Waals surface area contributed by atoms with E-state index in [0.29, 0.717) is 25.6 Å². The first kappa shape index (κ1) is 15.4. The van der Waals surface area contributed by atoms with Crippen molar-refractivity contribution in [1.82, 2.24) is 0 Å². The third kappa shape index (κ3) is 3.03. The van der Waals surface area contributed by atoms with Crippen molar-refractivity contribution in [3.63, 3.8) is 0 Å². The van der Waals surface area contributed by atoms with Crippen LogP contribution in [0.25, 0.3) is 0 Å². The summed E-state index contributed by atoms with van der Waals surface area (Å²) in [5.41, 5.74) is -0.698. The van der Waals surface area contributed by atoms with E-state index < -0.39 is 5.60 Å². The highest BCUT2D eigenvalue weighted by Crippen LogP contribution is 2.41. The van der Waals surface area contributed by atoms with E-state index in [4.69, 9.17) is 14.2 Å². The molecule has 4 nitrogen and oxygen atoms in total. The Kier molecular flexibility index (Phi) is 4.67. The molecule has 1 saturated carbocycles. The van der Waals surface area contributed by atoms with Crippen LogP contribution in [0.1, 0.15) is 58.3 Å². The number of carbonyl (C=O) groups is 1. The van der Waals surface area contributed by atoms with Gasteiger partial charge in [-0.1, -0.05) is 19.3 Å². The summed E-state index contributed by atoms with van der Waals surface area (Å²) in [7, 11) is 0. The average molecular weight is 296 g/mol. The summed E-state index contributed by atoms with van der Waals surface area (Å²) in [6.45, 7) is 4.72. The highest BCUT2D eigenvalue weighted by Gasteiger charge is 2.49. The maximum Gasteiger partial charge on any atom is 0.167 e. The van der Waals surface area contributed by atoms with Gasteiger partial charge in [-0.25, -0.2) is 0 Å². The predicted molar refractivity (Wildman–Crippen MR) is 79.3 cm³/mol. The molecule has 3 aliphatic rings. The molecule has 0 bridgehead atoms. The molecule has 0 radical (unpaired) electrons. The Bertz CT molecular complexity index is 361. The Morgan fingerprint density at radius 2 is 2.00 bits per heavy atom. The molecular weight excluding hydrogens is 268 g/mol. The van der Waals surface area contributed by atoms with Crippen molar-refractivity contribution in [3.8, 4) is 0 Å². The van der Waals surface area contributed by atoms with Gasteiger partial charge < -0.3 is 14.2 Å². The van der Waals surface area contributed by atoms with Gasteiger partial charge >= 0.3 is 0 Å². The number of carbonyl (C=O) groups excluding carboxylic acids is 1. The molecule has 2 heterocycles. The minimum absolute atomic E-state index is 0.0881. The van der Waals surface area contributed by atoms with Crippen LogP contribution in [0.5, 0.6) is 0 Å². The van der Waals surface area contributed by atoms with Crippen LogP contribution >= 0.6 is 0 Å². The van der Waals surface area contributed by atoms with Crippen LogP contribution in [0, 0.1) is 5.92 Å². The molecule has 4 heteroatoms. The van der Waals surface area contributed by atoms with Crippen LogP contribution in [-0.2, 0) is 19.0 Å². The second-order valence-electron chi connectivity index (χ2n) is 6.88. The van der Waals surface area contributed by atoms with E-state index in [1.54, 1.807) is 0 Å². The lowest BCUT2D eigenvalue weighted by Crippen LogP contribution is -2.51. The van der Waals surface area contributed by atoms with E-state index in [9.17, 15) is 4.79 Å². The molecule has 0 aromatic rings. The number of Topliss-reactive ketones (excluding diaryl/α,β-unsaturated/α-hetero) is 1. The number of rotatable bonds is 4. The van der Waals surface area contributed by atoms with Gasteiger partial charge in [-0.15, -0.1) is 0 Å². The second kappa shape index (κ2) is 6.35. The zero-order valence-corrected chi connectivity index (χ0v) is 13.2. The average Bonchev–Trinajstić information content (AvgIpc) is 2.95. The molecule has 21 heavy (non-hydrogen) atoms. The number of hydrogen-bond acceptors (Lipinski definition) is 4. The third-order valence-corrected chi connectivity index (χ3v) is 5.46. The van der Waals surface area contributed by atoms with Crippen molar-refractivity contribution in [2.45, 2.75) is 69.5 Å². The molecule has 3 fully saturated rings. The summed E-state index contributed by atoms with van der Waals surface area (Å²) < 4.78 is 17.5. The van der Waals surface area contributed by atoms with Gasteiger partial charge in [-0.05, 0) is 32.6 Å². The molecule has 1 spiro atoms. The second-order valence-corrected chi connectivity index (χ2v) is 6.88. The van der Waals surface area contributed by atoms with E-state index in [1.807, 2.05) is 6.92 Å². The molecule has 0 aromatic heterocycles. The van der Waals surface area contributed by atoms with E-state index in [0.717, 1.165) is 51.6 Å². The molecule has 0 aromatic carbocycles. The molecule has 2 atom stereocenters. The lowest BCUT2D eigenvalue weighted by atomic mass is 9.72. The summed E-state index contributed by atoms with van der Waals surface area (Å²) in [6, 6.07) is 0. The molecule has 120 valence electrons.